The van der Waals surface area contributed by atoms with Crippen LogP contribution in [-0.4, -0.2) is 19.1 Å². The van der Waals surface area contributed by atoms with Gasteiger partial charge in [0.2, 0.25) is 0 Å². The summed E-state index contributed by atoms with van der Waals surface area (Å²) in [5.41, 5.74) is 24.6. The molecule has 8 nitrogen and oxygen atoms in total. The Morgan fingerprint density at radius 3 is 0.807 bits per heavy atom. The Labute approximate surface area is 508 Å². The van der Waals surface area contributed by atoms with Crippen LogP contribution in [0.2, 0.25) is 0 Å². The molecule has 8 heteroatoms. The molecule has 18 rings (SSSR count). The summed E-state index contributed by atoms with van der Waals surface area (Å²) in [5, 5.41) is 4.55. The summed E-state index contributed by atoms with van der Waals surface area (Å²) in [6, 6.07) is 113. The Kier molecular flexibility index (Phi) is 11.1. The van der Waals surface area contributed by atoms with Crippen LogP contribution < -0.4 is 19.6 Å². The van der Waals surface area contributed by atoms with Gasteiger partial charge < -0.3 is 28.7 Å². The monoisotopic (exact) mass is 1120 g/mol. The third kappa shape index (κ3) is 7.52. The molecular formula is C80H52N8. The van der Waals surface area contributed by atoms with E-state index in [4.69, 9.17) is 9.97 Å². The quantitative estimate of drug-likeness (QED) is 0.151. The van der Waals surface area contributed by atoms with Crippen molar-refractivity contribution in [1.82, 2.24) is 19.1 Å². The molecule has 2 aliphatic rings. The van der Waals surface area contributed by atoms with Gasteiger partial charge in [-0.1, -0.05) is 182 Å². The Hall–Kier alpha value is -12.0. The van der Waals surface area contributed by atoms with Gasteiger partial charge in [0.25, 0.3) is 0 Å². The molecule has 13 aromatic carbocycles. The number of hydrogen-bond donors (Lipinski definition) is 0. The van der Waals surface area contributed by atoms with Crippen LogP contribution in [0.5, 0.6) is 0 Å². The molecule has 5 heterocycles. The van der Waals surface area contributed by atoms with E-state index in [2.05, 4.69) is 344 Å². The molecule has 16 aromatic rings. The van der Waals surface area contributed by atoms with E-state index in [1.807, 2.05) is 0 Å². The largest absolute Gasteiger partial charge is 0.307 e. The normalized spacial score (nSPS) is 12.7. The van der Waals surface area contributed by atoms with Crippen molar-refractivity contribution in [2.24, 2.45) is 0 Å². The van der Waals surface area contributed by atoms with E-state index in [1.165, 1.54) is 0 Å². The van der Waals surface area contributed by atoms with Gasteiger partial charge in [-0.2, -0.15) is 0 Å². The highest BCUT2D eigenvalue weighted by atomic mass is 15.3. The molecule has 0 saturated heterocycles. The molecule has 0 N–H and O–H groups in total. The summed E-state index contributed by atoms with van der Waals surface area (Å²) in [4.78, 5) is 21.4. The first-order valence-corrected chi connectivity index (χ1v) is 29.9. The second-order valence-electron chi connectivity index (χ2n) is 22.5. The zero-order chi connectivity index (χ0) is 57.8. The predicted molar refractivity (Wildman–Crippen MR) is 365 cm³/mol. The molecule has 0 bridgehead atoms. The molecular weight excluding hydrogens is 1070 g/mol. The maximum Gasteiger partial charge on any atom is 0.116 e. The second kappa shape index (κ2) is 19.8. The van der Waals surface area contributed by atoms with Crippen LogP contribution >= 0.6 is 0 Å². The third-order valence-electron chi connectivity index (χ3n) is 17.7. The first-order valence-electron chi connectivity index (χ1n) is 29.9. The summed E-state index contributed by atoms with van der Waals surface area (Å²) in [6.45, 7) is 0. The Bertz CT molecular complexity index is 4990. The summed E-state index contributed by atoms with van der Waals surface area (Å²) in [5.74, 6) is 0. The SMILES string of the molecule is c1ccc(-c2nc3c(-n4c5ccccc5c5cc(N6c7ccccc7N(c7ccccc7)c7ccccc76)ccc54)ccc(-n4c5ccccc5c5cc(N6c7ccccc7N(c7ccccc7)c7ccccc76)ccc54)c3nc2-c2ccccc2)cc1. The average Bonchev–Trinajstić information content (AvgIpc) is 1.98. The van der Waals surface area contributed by atoms with Crippen LogP contribution in [0.3, 0.4) is 0 Å². The molecule has 88 heavy (non-hydrogen) atoms. The lowest BCUT2D eigenvalue weighted by atomic mass is 10.0. The fourth-order valence-electron chi connectivity index (χ4n) is 13.9. The molecule has 3 aromatic heterocycles. The van der Waals surface area contributed by atoms with E-state index in [1.54, 1.807) is 0 Å². The maximum atomic E-state index is 5.92. The van der Waals surface area contributed by atoms with Crippen molar-refractivity contribution in [2.45, 2.75) is 0 Å². The van der Waals surface area contributed by atoms with E-state index in [0.29, 0.717) is 0 Å². The van der Waals surface area contributed by atoms with Gasteiger partial charge >= 0.3 is 0 Å². The lowest BCUT2D eigenvalue weighted by Gasteiger charge is -2.40. The van der Waals surface area contributed by atoms with Crippen molar-refractivity contribution in [3.05, 3.63) is 315 Å². The van der Waals surface area contributed by atoms with Crippen LogP contribution in [0.4, 0.5) is 68.2 Å². The predicted octanol–water partition coefficient (Wildman–Crippen LogP) is 21.7. The Balaban J connectivity index is 0.860. The topological polar surface area (TPSA) is 48.6 Å². The molecule has 0 radical (unpaired) electrons. The van der Waals surface area contributed by atoms with Gasteiger partial charge in [-0.05, 0) is 133 Å². The lowest BCUT2D eigenvalue weighted by Crippen LogP contribution is -2.23. The van der Waals surface area contributed by atoms with Crippen molar-refractivity contribution in [2.75, 3.05) is 19.6 Å². The number of hydrogen-bond acceptors (Lipinski definition) is 6. The Morgan fingerprint density at radius 2 is 0.466 bits per heavy atom. The van der Waals surface area contributed by atoms with Gasteiger partial charge in [-0.15, -0.1) is 0 Å². The van der Waals surface area contributed by atoms with Gasteiger partial charge in [-0.25, -0.2) is 9.97 Å². The standard InChI is InChI=1S/C80H52N8/c1-5-25-53(26-6-1)77-78(54-27-7-2-8-28-54)82-80-76(88-64-36-16-14-34-60(64)62-52-58(46-48-66(62)88)86-73-43-23-19-39-69(73)84(56-31-11-4-12-32-56)70-40-20-24-44-74(70)86)50-49-75(79(80)81-77)87-63-35-15-13-33-59(63)61-51-57(45-47-65(61)87)85-71-41-21-17-37-67(71)83(55-29-9-3-10-30-55)68-38-18-22-42-72(68)85/h1-52H. The first-order chi connectivity index (χ1) is 43.7. The summed E-state index contributed by atoms with van der Waals surface area (Å²) >= 11 is 0. The average molecular weight is 1130 g/mol. The summed E-state index contributed by atoms with van der Waals surface area (Å²) < 4.78 is 4.82. The molecule has 0 unspecified atom stereocenters. The molecule has 0 amide bonds. The highest BCUT2D eigenvalue weighted by Crippen LogP contribution is 2.57. The number of nitrogens with zero attached hydrogens (tertiary/aromatic N) is 8. The van der Waals surface area contributed by atoms with E-state index in [-0.39, 0.29) is 0 Å². The van der Waals surface area contributed by atoms with Gasteiger partial charge in [0.1, 0.15) is 11.0 Å². The van der Waals surface area contributed by atoms with Crippen molar-refractivity contribution in [3.63, 3.8) is 0 Å². The molecule has 2 aliphatic heterocycles. The van der Waals surface area contributed by atoms with Gasteiger partial charge in [0, 0.05) is 55.4 Å². The number of fused-ring (bicyclic) bond motifs is 11. The number of aromatic nitrogens is 4. The molecule has 412 valence electrons. The van der Waals surface area contributed by atoms with Gasteiger partial charge in [0.15, 0.2) is 0 Å². The van der Waals surface area contributed by atoms with E-state index < -0.39 is 0 Å². The number of anilines is 12. The van der Waals surface area contributed by atoms with Crippen LogP contribution in [0.1, 0.15) is 0 Å². The minimum absolute atomic E-state index is 0.787. The number of rotatable bonds is 8. The molecule has 0 spiro atoms. The van der Waals surface area contributed by atoms with Crippen LogP contribution in [-0.2, 0) is 0 Å². The van der Waals surface area contributed by atoms with Crippen LogP contribution in [0.15, 0.2) is 315 Å². The van der Waals surface area contributed by atoms with E-state index in [9.17, 15) is 0 Å². The van der Waals surface area contributed by atoms with Crippen LogP contribution in [0, 0.1) is 0 Å². The van der Waals surface area contributed by atoms with Crippen molar-refractivity contribution in [3.8, 4) is 33.9 Å². The summed E-state index contributed by atoms with van der Waals surface area (Å²) in [7, 11) is 0. The molecule has 0 saturated carbocycles. The third-order valence-corrected chi connectivity index (χ3v) is 17.7. The van der Waals surface area contributed by atoms with E-state index >= 15 is 0 Å². The van der Waals surface area contributed by atoms with Crippen molar-refractivity contribution in [1.29, 1.82) is 0 Å². The minimum Gasteiger partial charge on any atom is -0.307 e. The first kappa shape index (κ1) is 49.4. The molecule has 0 atom stereocenters. The van der Waals surface area contributed by atoms with Gasteiger partial charge in [0.05, 0.1) is 90.3 Å². The smallest absolute Gasteiger partial charge is 0.116 e. The Morgan fingerprint density at radius 1 is 0.193 bits per heavy atom. The molecule has 0 aliphatic carbocycles. The maximum absolute atomic E-state index is 5.92. The summed E-state index contributed by atoms with van der Waals surface area (Å²) in [6.07, 6.45) is 0. The molecule has 0 fully saturated rings. The van der Waals surface area contributed by atoms with E-state index in [0.717, 1.165) is 157 Å². The number of benzene rings is 13. The highest BCUT2D eigenvalue weighted by molar-refractivity contribution is 6.15. The van der Waals surface area contributed by atoms with Crippen LogP contribution in [0.25, 0.3) is 88.5 Å². The zero-order valence-corrected chi connectivity index (χ0v) is 47.6. The minimum atomic E-state index is 0.787. The van der Waals surface area contributed by atoms with Crippen molar-refractivity contribution < 1.29 is 0 Å². The highest BCUT2D eigenvalue weighted by Gasteiger charge is 2.33. The lowest BCUT2D eigenvalue weighted by molar-refractivity contribution is 1.14. The van der Waals surface area contributed by atoms with Crippen molar-refractivity contribution >= 4 is 123 Å². The zero-order valence-electron chi connectivity index (χ0n) is 47.6. The fourth-order valence-corrected chi connectivity index (χ4v) is 13.9. The fraction of sp³-hybridized carbons (Fsp3) is 0. The number of para-hydroxylation sites is 12. The van der Waals surface area contributed by atoms with Gasteiger partial charge in [-0.3, -0.25) is 0 Å². The second-order valence-corrected chi connectivity index (χ2v) is 22.5.